The van der Waals surface area contributed by atoms with E-state index in [2.05, 4.69) is 15.0 Å². The Bertz CT molecular complexity index is 1010. The number of anilines is 1. The van der Waals surface area contributed by atoms with Gasteiger partial charge in [0, 0.05) is 11.1 Å². The number of nitrogens with one attached hydrogen (secondary N) is 1. The molecule has 0 aliphatic rings. The number of nitrogens with zero attached hydrogens (tertiary/aromatic N) is 2. The van der Waals surface area contributed by atoms with Crippen molar-refractivity contribution in [1.82, 2.24) is 9.55 Å². The minimum atomic E-state index is -0.781. The van der Waals surface area contributed by atoms with E-state index < -0.39 is 12.2 Å². The molecule has 0 atom stereocenters. The van der Waals surface area contributed by atoms with Gasteiger partial charge in [0.2, 0.25) is 5.95 Å². The number of hydrogen-bond donors (Lipinski definition) is 1. The third-order valence-electron chi connectivity index (χ3n) is 3.80. The lowest BCUT2D eigenvalue weighted by Crippen LogP contribution is -2.20. The molecule has 0 aliphatic carbocycles. The zero-order valence-corrected chi connectivity index (χ0v) is 14.8. The van der Waals surface area contributed by atoms with E-state index in [0.717, 1.165) is 4.57 Å². The molecule has 0 radical (unpaired) electrons. The molecule has 0 saturated carbocycles. The number of ketones is 1. The fourth-order valence-electron chi connectivity index (χ4n) is 2.57. The van der Waals surface area contributed by atoms with Crippen molar-refractivity contribution in [1.29, 1.82) is 0 Å². The molecule has 1 N–H and O–H groups in total. The number of methoxy groups -OCH3 is 1. The topological polar surface area (TPSA) is 99.5 Å². The molecule has 1 heterocycles. The Morgan fingerprint density at radius 2 is 1.81 bits per heavy atom. The number of aromatic nitrogens is 2. The molecule has 0 saturated heterocycles. The van der Waals surface area contributed by atoms with Crippen molar-refractivity contribution in [2.45, 2.75) is 6.92 Å². The van der Waals surface area contributed by atoms with Crippen molar-refractivity contribution in [3.05, 3.63) is 59.7 Å². The van der Waals surface area contributed by atoms with E-state index in [9.17, 15) is 14.4 Å². The predicted octanol–water partition coefficient (Wildman–Crippen LogP) is 3.45. The number of benzene rings is 2. The molecule has 3 rings (SSSR count). The van der Waals surface area contributed by atoms with Gasteiger partial charge in [-0.15, -0.1) is 0 Å². The molecule has 2 aromatic carbocycles. The third kappa shape index (κ3) is 3.64. The Kier molecular flexibility index (Phi) is 5.16. The minimum absolute atomic E-state index is 0.0559. The number of hydrogen-bond acceptors (Lipinski definition) is 6. The minimum Gasteiger partial charge on any atom is -0.453 e. The number of amides is 1. The van der Waals surface area contributed by atoms with Crippen LogP contribution in [0.3, 0.4) is 0 Å². The monoisotopic (exact) mass is 367 g/mol. The van der Waals surface area contributed by atoms with Crippen molar-refractivity contribution in [3.63, 3.8) is 0 Å². The highest BCUT2D eigenvalue weighted by atomic mass is 16.6. The highest BCUT2D eigenvalue weighted by molar-refractivity contribution is 6.10. The Morgan fingerprint density at radius 3 is 2.48 bits per heavy atom. The summed E-state index contributed by atoms with van der Waals surface area (Å²) in [5.41, 5.74) is 1.65. The van der Waals surface area contributed by atoms with Crippen LogP contribution in [0.25, 0.3) is 11.0 Å². The first-order valence-corrected chi connectivity index (χ1v) is 8.19. The van der Waals surface area contributed by atoms with Crippen molar-refractivity contribution in [3.8, 4) is 0 Å². The first kappa shape index (κ1) is 18.1. The lowest BCUT2D eigenvalue weighted by atomic mass is 10.0. The van der Waals surface area contributed by atoms with Crippen LogP contribution >= 0.6 is 0 Å². The SMILES string of the molecule is CCOC(=O)n1c(NC(=O)OC)nc2ccc(C(=O)c3ccccc3)cc21. The maximum atomic E-state index is 12.7. The molecule has 138 valence electrons. The van der Waals surface area contributed by atoms with Crippen molar-refractivity contribution in [2.24, 2.45) is 0 Å². The molecule has 27 heavy (non-hydrogen) atoms. The Balaban J connectivity index is 2.11. The summed E-state index contributed by atoms with van der Waals surface area (Å²) in [5.74, 6) is -0.254. The van der Waals surface area contributed by atoms with Gasteiger partial charge in [-0.3, -0.25) is 10.1 Å². The van der Waals surface area contributed by atoms with Crippen molar-refractivity contribution >= 4 is 35.0 Å². The molecular weight excluding hydrogens is 350 g/mol. The molecule has 0 bridgehead atoms. The quantitative estimate of drug-likeness (QED) is 0.709. The van der Waals surface area contributed by atoms with Crippen molar-refractivity contribution < 1.29 is 23.9 Å². The van der Waals surface area contributed by atoms with Crippen LogP contribution < -0.4 is 5.32 Å². The second-order valence-electron chi connectivity index (χ2n) is 5.48. The number of carbonyl (C=O) groups excluding carboxylic acids is 3. The van der Waals surface area contributed by atoms with Gasteiger partial charge < -0.3 is 9.47 Å². The molecule has 1 amide bonds. The fourth-order valence-corrected chi connectivity index (χ4v) is 2.57. The van der Waals surface area contributed by atoms with E-state index in [4.69, 9.17) is 4.74 Å². The van der Waals surface area contributed by atoms with Gasteiger partial charge >= 0.3 is 12.2 Å². The number of carbonyl (C=O) groups is 3. The van der Waals surface area contributed by atoms with E-state index in [1.165, 1.54) is 13.2 Å². The van der Waals surface area contributed by atoms with Crippen LogP contribution in [0.5, 0.6) is 0 Å². The first-order valence-electron chi connectivity index (χ1n) is 8.19. The normalized spacial score (nSPS) is 10.4. The standard InChI is InChI=1S/C19H17N3O5/c1-3-27-19(25)22-15-11-13(16(23)12-7-5-4-6-8-12)9-10-14(15)20-17(22)21-18(24)26-2/h4-11H,3H2,1-2H3,(H,20,21,24). The van der Waals surface area contributed by atoms with Gasteiger partial charge in [-0.2, -0.15) is 0 Å². The van der Waals surface area contributed by atoms with Gasteiger partial charge in [0.05, 0.1) is 24.8 Å². The molecule has 0 unspecified atom stereocenters. The summed E-state index contributed by atoms with van der Waals surface area (Å²) in [4.78, 5) is 40.9. The van der Waals surface area contributed by atoms with Gasteiger partial charge in [-0.1, -0.05) is 30.3 Å². The zero-order chi connectivity index (χ0) is 19.4. The second-order valence-corrected chi connectivity index (χ2v) is 5.48. The van der Waals surface area contributed by atoms with E-state index >= 15 is 0 Å². The number of rotatable bonds is 4. The number of ether oxygens (including phenoxy) is 2. The summed E-state index contributed by atoms with van der Waals surface area (Å²) in [7, 11) is 1.20. The maximum absolute atomic E-state index is 12.7. The molecule has 8 nitrogen and oxygen atoms in total. The van der Waals surface area contributed by atoms with Gasteiger partial charge in [-0.05, 0) is 25.1 Å². The molecule has 0 fully saturated rings. The summed E-state index contributed by atoms with van der Waals surface area (Å²) >= 11 is 0. The average Bonchev–Trinajstić information content (AvgIpc) is 3.05. The van der Waals surface area contributed by atoms with Crippen molar-refractivity contribution in [2.75, 3.05) is 19.0 Å². The smallest absolute Gasteiger partial charge is 0.421 e. The van der Waals surface area contributed by atoms with Crippen LogP contribution in [0.4, 0.5) is 15.5 Å². The van der Waals surface area contributed by atoms with Crippen LogP contribution in [0.2, 0.25) is 0 Å². The van der Waals surface area contributed by atoms with Gasteiger partial charge in [0.15, 0.2) is 5.78 Å². The average molecular weight is 367 g/mol. The highest BCUT2D eigenvalue weighted by Gasteiger charge is 2.21. The number of fused-ring (bicyclic) bond motifs is 1. The Labute approximate surface area is 154 Å². The van der Waals surface area contributed by atoms with E-state index in [1.807, 2.05) is 6.07 Å². The van der Waals surface area contributed by atoms with Crippen LogP contribution in [0.15, 0.2) is 48.5 Å². The fraction of sp³-hybridized carbons (Fsp3) is 0.158. The molecular formula is C19H17N3O5. The van der Waals surface area contributed by atoms with Gasteiger partial charge in [0.1, 0.15) is 0 Å². The van der Waals surface area contributed by atoms with Crippen LogP contribution in [0.1, 0.15) is 22.8 Å². The van der Waals surface area contributed by atoms with Crippen LogP contribution in [-0.2, 0) is 9.47 Å². The molecule has 3 aromatic rings. The van der Waals surface area contributed by atoms with E-state index in [1.54, 1.807) is 43.3 Å². The van der Waals surface area contributed by atoms with E-state index in [0.29, 0.717) is 22.2 Å². The third-order valence-corrected chi connectivity index (χ3v) is 3.80. The van der Waals surface area contributed by atoms with Crippen LogP contribution in [-0.4, -0.2) is 41.2 Å². The maximum Gasteiger partial charge on any atom is 0.421 e. The summed E-state index contributed by atoms with van der Waals surface area (Å²) in [6, 6.07) is 13.5. The second kappa shape index (κ2) is 7.69. The molecule has 0 aliphatic heterocycles. The summed E-state index contributed by atoms with van der Waals surface area (Å²) in [6.07, 6.45) is -1.51. The van der Waals surface area contributed by atoms with E-state index in [-0.39, 0.29) is 18.3 Å². The van der Waals surface area contributed by atoms with Crippen LogP contribution in [0, 0.1) is 0 Å². The lowest BCUT2D eigenvalue weighted by molar-refractivity contribution is 0.103. The van der Waals surface area contributed by atoms with Gasteiger partial charge in [0.25, 0.3) is 0 Å². The predicted molar refractivity (Wildman–Crippen MR) is 98.1 cm³/mol. The van der Waals surface area contributed by atoms with Gasteiger partial charge in [-0.25, -0.2) is 19.1 Å². The number of imidazole rings is 1. The Morgan fingerprint density at radius 1 is 1.07 bits per heavy atom. The zero-order valence-electron chi connectivity index (χ0n) is 14.8. The summed E-state index contributed by atoms with van der Waals surface area (Å²) in [6.45, 7) is 1.80. The summed E-state index contributed by atoms with van der Waals surface area (Å²) < 4.78 is 10.7. The largest absolute Gasteiger partial charge is 0.453 e. The highest BCUT2D eigenvalue weighted by Crippen LogP contribution is 2.23. The first-order chi connectivity index (χ1) is 13.0. The summed E-state index contributed by atoms with van der Waals surface area (Å²) in [5, 5.41) is 2.37. The molecule has 1 aromatic heterocycles. The lowest BCUT2D eigenvalue weighted by Gasteiger charge is -2.08. The molecule has 0 spiro atoms. The Hall–Kier alpha value is -3.68. The molecule has 8 heteroatoms.